The van der Waals surface area contributed by atoms with Crippen LogP contribution in [0.5, 0.6) is 0 Å². The first-order valence-corrected chi connectivity index (χ1v) is 4.89. The SMILES string of the molecule is CC(C)(C)NC(=O)N(CCN)CC(F)(F)F. The molecule has 0 spiro atoms. The summed E-state index contributed by atoms with van der Waals surface area (Å²) in [6.45, 7) is 3.67. The molecule has 0 saturated heterocycles. The van der Waals surface area contributed by atoms with Crippen molar-refractivity contribution in [2.75, 3.05) is 19.6 Å². The van der Waals surface area contributed by atoms with Crippen LogP contribution in [0.3, 0.4) is 0 Å². The molecule has 0 bridgehead atoms. The van der Waals surface area contributed by atoms with E-state index < -0.39 is 24.3 Å². The van der Waals surface area contributed by atoms with Crippen molar-refractivity contribution in [3.63, 3.8) is 0 Å². The van der Waals surface area contributed by atoms with E-state index in [1.807, 2.05) is 0 Å². The molecule has 0 aromatic heterocycles. The Morgan fingerprint density at radius 3 is 2.12 bits per heavy atom. The van der Waals surface area contributed by atoms with Gasteiger partial charge in [-0.3, -0.25) is 0 Å². The summed E-state index contributed by atoms with van der Waals surface area (Å²) in [5, 5.41) is 2.46. The lowest BCUT2D eigenvalue weighted by molar-refractivity contribution is -0.139. The Hall–Kier alpha value is -0.980. The molecule has 0 radical (unpaired) electrons. The van der Waals surface area contributed by atoms with Crippen LogP contribution in [0.2, 0.25) is 0 Å². The number of urea groups is 1. The predicted octanol–water partition coefficient (Wildman–Crippen LogP) is 1.32. The fraction of sp³-hybridized carbons (Fsp3) is 0.889. The number of carbonyl (C=O) groups excluding carboxylic acids is 1. The van der Waals surface area contributed by atoms with E-state index in [0.717, 1.165) is 0 Å². The molecule has 0 aliphatic rings. The van der Waals surface area contributed by atoms with E-state index in [2.05, 4.69) is 5.32 Å². The molecule has 0 aliphatic heterocycles. The second-order valence-electron chi connectivity index (χ2n) is 4.51. The van der Waals surface area contributed by atoms with Crippen molar-refractivity contribution in [3.05, 3.63) is 0 Å². The number of alkyl halides is 3. The van der Waals surface area contributed by atoms with Crippen LogP contribution >= 0.6 is 0 Å². The largest absolute Gasteiger partial charge is 0.406 e. The fourth-order valence-electron chi connectivity index (χ4n) is 1.02. The third-order valence-corrected chi connectivity index (χ3v) is 1.54. The summed E-state index contributed by atoms with van der Waals surface area (Å²) in [5.74, 6) is 0. The van der Waals surface area contributed by atoms with Crippen LogP contribution in [0, 0.1) is 0 Å². The summed E-state index contributed by atoms with van der Waals surface area (Å²) < 4.78 is 36.5. The zero-order valence-corrected chi connectivity index (χ0v) is 9.69. The summed E-state index contributed by atoms with van der Waals surface area (Å²) in [7, 11) is 0. The molecule has 3 N–H and O–H groups in total. The standard InChI is InChI=1S/C9H18F3N3O/c1-8(2,3)14-7(16)15(5-4-13)6-9(10,11)12/h4-6,13H2,1-3H3,(H,14,16). The Morgan fingerprint density at radius 2 is 1.81 bits per heavy atom. The minimum absolute atomic E-state index is 0.00631. The molecule has 0 fully saturated rings. The average molecular weight is 241 g/mol. The summed E-state index contributed by atoms with van der Waals surface area (Å²) in [4.78, 5) is 12.1. The lowest BCUT2D eigenvalue weighted by atomic mass is 10.1. The van der Waals surface area contributed by atoms with Crippen LogP contribution in [0.25, 0.3) is 0 Å². The highest BCUT2D eigenvalue weighted by Gasteiger charge is 2.33. The topological polar surface area (TPSA) is 58.4 Å². The number of nitrogens with zero attached hydrogens (tertiary/aromatic N) is 1. The van der Waals surface area contributed by atoms with E-state index in [1.54, 1.807) is 20.8 Å². The summed E-state index contributed by atoms with van der Waals surface area (Å²) in [6, 6.07) is -0.754. The van der Waals surface area contributed by atoms with Gasteiger partial charge in [-0.15, -0.1) is 0 Å². The van der Waals surface area contributed by atoms with Gasteiger partial charge in [-0.25, -0.2) is 4.79 Å². The number of hydrogen-bond donors (Lipinski definition) is 2. The molecule has 0 aromatic carbocycles. The van der Waals surface area contributed by atoms with E-state index in [0.29, 0.717) is 4.90 Å². The maximum atomic E-state index is 12.2. The first-order valence-electron chi connectivity index (χ1n) is 4.89. The van der Waals surface area contributed by atoms with Gasteiger partial charge >= 0.3 is 12.2 Å². The van der Waals surface area contributed by atoms with Crippen LogP contribution in [0.15, 0.2) is 0 Å². The molecule has 2 amide bonds. The van der Waals surface area contributed by atoms with Gasteiger partial charge in [-0.05, 0) is 20.8 Å². The Morgan fingerprint density at radius 1 is 1.31 bits per heavy atom. The average Bonchev–Trinajstić information content (AvgIpc) is 1.97. The minimum atomic E-state index is -4.41. The maximum absolute atomic E-state index is 12.2. The summed E-state index contributed by atoms with van der Waals surface area (Å²) >= 11 is 0. The van der Waals surface area contributed by atoms with E-state index in [1.165, 1.54) is 0 Å². The molecule has 7 heteroatoms. The fourth-order valence-corrected chi connectivity index (χ4v) is 1.02. The second kappa shape index (κ2) is 5.38. The van der Waals surface area contributed by atoms with E-state index in [9.17, 15) is 18.0 Å². The molecule has 16 heavy (non-hydrogen) atoms. The Bertz CT molecular complexity index is 235. The molecular weight excluding hydrogens is 223 g/mol. The van der Waals surface area contributed by atoms with Gasteiger partial charge in [0.05, 0.1) is 0 Å². The molecule has 0 unspecified atom stereocenters. The van der Waals surface area contributed by atoms with Gasteiger partial charge in [-0.1, -0.05) is 0 Å². The van der Waals surface area contributed by atoms with Crippen molar-refractivity contribution in [3.8, 4) is 0 Å². The Kier molecular flexibility index (Phi) is 5.05. The number of nitrogens with two attached hydrogens (primary N) is 1. The third kappa shape index (κ3) is 7.33. The van der Waals surface area contributed by atoms with Gasteiger partial charge in [0.1, 0.15) is 6.54 Å². The highest BCUT2D eigenvalue weighted by Crippen LogP contribution is 2.16. The number of halogens is 3. The molecule has 0 heterocycles. The quantitative estimate of drug-likeness (QED) is 0.782. The first kappa shape index (κ1) is 15.0. The van der Waals surface area contributed by atoms with Gasteiger partial charge < -0.3 is 16.0 Å². The van der Waals surface area contributed by atoms with Crippen LogP contribution in [-0.4, -0.2) is 42.3 Å². The monoisotopic (exact) mass is 241 g/mol. The van der Waals surface area contributed by atoms with Crippen molar-refractivity contribution in [1.29, 1.82) is 0 Å². The maximum Gasteiger partial charge on any atom is 0.406 e. The van der Waals surface area contributed by atoms with Gasteiger partial charge in [-0.2, -0.15) is 13.2 Å². The molecular formula is C9H18F3N3O. The number of hydrogen-bond acceptors (Lipinski definition) is 2. The second-order valence-corrected chi connectivity index (χ2v) is 4.51. The lowest BCUT2D eigenvalue weighted by Gasteiger charge is -2.28. The predicted molar refractivity (Wildman–Crippen MR) is 55.0 cm³/mol. The van der Waals surface area contributed by atoms with E-state index >= 15 is 0 Å². The summed E-state index contributed by atoms with van der Waals surface area (Å²) in [6.07, 6.45) is -4.41. The van der Waals surface area contributed by atoms with Crippen molar-refractivity contribution >= 4 is 6.03 Å². The number of rotatable bonds is 3. The zero-order chi connectivity index (χ0) is 13.0. The van der Waals surface area contributed by atoms with Crippen LogP contribution in [0.4, 0.5) is 18.0 Å². The highest BCUT2D eigenvalue weighted by atomic mass is 19.4. The van der Waals surface area contributed by atoms with E-state index in [4.69, 9.17) is 5.73 Å². The zero-order valence-electron chi connectivity index (χ0n) is 9.69. The first-order chi connectivity index (χ1) is 7.05. The van der Waals surface area contributed by atoms with Crippen LogP contribution < -0.4 is 11.1 Å². The van der Waals surface area contributed by atoms with Crippen molar-refractivity contribution in [2.45, 2.75) is 32.5 Å². The van der Waals surface area contributed by atoms with Gasteiger partial charge in [0, 0.05) is 18.6 Å². The Balaban J connectivity index is 4.47. The van der Waals surface area contributed by atoms with Gasteiger partial charge in [0.25, 0.3) is 0 Å². The lowest BCUT2D eigenvalue weighted by Crippen LogP contribution is -2.52. The molecule has 0 rings (SSSR count). The van der Waals surface area contributed by atoms with E-state index in [-0.39, 0.29) is 13.1 Å². The minimum Gasteiger partial charge on any atom is -0.333 e. The normalized spacial score (nSPS) is 12.4. The molecule has 0 aliphatic carbocycles. The van der Waals surface area contributed by atoms with Crippen molar-refractivity contribution < 1.29 is 18.0 Å². The summed E-state index contributed by atoms with van der Waals surface area (Å²) in [5.41, 5.74) is 4.59. The van der Waals surface area contributed by atoms with Crippen molar-refractivity contribution in [1.82, 2.24) is 10.2 Å². The number of carbonyl (C=O) groups is 1. The molecule has 0 atom stereocenters. The number of amides is 2. The van der Waals surface area contributed by atoms with Gasteiger partial charge in [0.2, 0.25) is 0 Å². The third-order valence-electron chi connectivity index (χ3n) is 1.54. The highest BCUT2D eigenvalue weighted by molar-refractivity contribution is 5.75. The molecule has 96 valence electrons. The Labute approximate surface area is 93.0 Å². The van der Waals surface area contributed by atoms with Crippen molar-refractivity contribution in [2.24, 2.45) is 5.73 Å². The molecule has 0 saturated carbocycles. The smallest absolute Gasteiger partial charge is 0.333 e. The molecule has 0 aromatic rings. The van der Waals surface area contributed by atoms with Crippen LogP contribution in [-0.2, 0) is 0 Å². The van der Waals surface area contributed by atoms with Gasteiger partial charge in [0.15, 0.2) is 0 Å². The number of nitrogens with one attached hydrogen (secondary N) is 1. The molecule has 4 nitrogen and oxygen atoms in total. The van der Waals surface area contributed by atoms with Crippen LogP contribution in [0.1, 0.15) is 20.8 Å².